The molecule has 0 aromatic carbocycles. The number of methoxy groups -OCH3 is 1. The number of nitrogen functional groups attached to an aromatic ring is 1. The molecular formula is C11H19N5O. The molecule has 1 aromatic rings. The number of anilines is 2. The van der Waals surface area contributed by atoms with Crippen molar-refractivity contribution in [3.05, 3.63) is 0 Å². The highest BCUT2D eigenvalue weighted by molar-refractivity contribution is 5.37. The smallest absolute Gasteiger partial charge is 0.322 e. The predicted octanol–water partition coefficient (Wildman–Crippen LogP) is 1.09. The summed E-state index contributed by atoms with van der Waals surface area (Å²) >= 11 is 0. The second-order valence-corrected chi connectivity index (χ2v) is 4.53. The Kier molecular flexibility index (Phi) is 3.31. The maximum Gasteiger partial charge on any atom is 0.322 e. The minimum atomic E-state index is 0.206. The summed E-state index contributed by atoms with van der Waals surface area (Å²) in [7, 11) is 1.53. The monoisotopic (exact) mass is 237 g/mol. The number of nitrogens with two attached hydrogens (primary N) is 1. The lowest BCUT2D eigenvalue weighted by Crippen LogP contribution is -2.43. The van der Waals surface area contributed by atoms with Gasteiger partial charge in [0.05, 0.1) is 7.11 Å². The van der Waals surface area contributed by atoms with Gasteiger partial charge in [-0.1, -0.05) is 6.92 Å². The van der Waals surface area contributed by atoms with Crippen LogP contribution in [0.1, 0.15) is 26.7 Å². The second-order valence-electron chi connectivity index (χ2n) is 4.53. The maximum atomic E-state index is 5.65. The predicted molar refractivity (Wildman–Crippen MR) is 66.0 cm³/mol. The van der Waals surface area contributed by atoms with Crippen molar-refractivity contribution in [2.75, 3.05) is 24.3 Å². The van der Waals surface area contributed by atoms with E-state index in [-0.39, 0.29) is 12.0 Å². The molecule has 1 fully saturated rings. The summed E-state index contributed by atoms with van der Waals surface area (Å²) in [5.74, 6) is 1.46. The van der Waals surface area contributed by atoms with Gasteiger partial charge in [-0.2, -0.15) is 15.0 Å². The Morgan fingerprint density at radius 2 is 2.06 bits per heavy atom. The van der Waals surface area contributed by atoms with Crippen LogP contribution in [0.15, 0.2) is 0 Å². The number of ether oxygens (including phenoxy) is 1. The van der Waals surface area contributed by atoms with Gasteiger partial charge in [0, 0.05) is 12.6 Å². The lowest BCUT2D eigenvalue weighted by molar-refractivity contribution is 0.351. The highest BCUT2D eigenvalue weighted by atomic mass is 16.5. The zero-order valence-corrected chi connectivity index (χ0v) is 10.6. The van der Waals surface area contributed by atoms with Crippen LogP contribution in [-0.4, -0.2) is 34.6 Å². The van der Waals surface area contributed by atoms with Crippen LogP contribution < -0.4 is 15.4 Å². The molecule has 1 saturated heterocycles. The molecule has 2 unspecified atom stereocenters. The van der Waals surface area contributed by atoms with Gasteiger partial charge in [-0.3, -0.25) is 0 Å². The Balaban J connectivity index is 2.29. The fourth-order valence-corrected chi connectivity index (χ4v) is 2.20. The summed E-state index contributed by atoms with van der Waals surface area (Å²) in [6, 6.07) is 0.688. The molecule has 2 N–H and O–H groups in total. The number of hydrogen-bond acceptors (Lipinski definition) is 6. The zero-order chi connectivity index (χ0) is 12.4. The molecule has 0 aliphatic carbocycles. The van der Waals surface area contributed by atoms with E-state index in [0.717, 1.165) is 13.0 Å². The van der Waals surface area contributed by atoms with Crippen molar-refractivity contribution < 1.29 is 4.74 Å². The summed E-state index contributed by atoms with van der Waals surface area (Å²) in [5, 5.41) is 0. The highest BCUT2D eigenvalue weighted by Crippen LogP contribution is 2.26. The quantitative estimate of drug-likeness (QED) is 0.829. The first-order valence-electron chi connectivity index (χ1n) is 5.94. The fraction of sp³-hybridized carbons (Fsp3) is 0.727. The fourth-order valence-electron chi connectivity index (χ4n) is 2.20. The first-order valence-corrected chi connectivity index (χ1v) is 5.94. The van der Waals surface area contributed by atoms with Gasteiger partial charge in [-0.25, -0.2) is 0 Å². The molecule has 0 amide bonds. The molecule has 6 nitrogen and oxygen atoms in total. The maximum absolute atomic E-state index is 5.65. The van der Waals surface area contributed by atoms with Crippen LogP contribution >= 0.6 is 0 Å². The third-order valence-electron chi connectivity index (χ3n) is 3.43. The molecule has 1 aromatic heterocycles. The largest absolute Gasteiger partial charge is 0.467 e. The van der Waals surface area contributed by atoms with E-state index >= 15 is 0 Å². The van der Waals surface area contributed by atoms with E-state index in [1.54, 1.807) is 0 Å². The van der Waals surface area contributed by atoms with Crippen LogP contribution in [0.2, 0.25) is 0 Å². The first-order chi connectivity index (χ1) is 8.11. The Hall–Kier alpha value is -1.59. The van der Waals surface area contributed by atoms with E-state index in [1.165, 1.54) is 13.5 Å². The summed E-state index contributed by atoms with van der Waals surface area (Å²) in [6.45, 7) is 5.40. The van der Waals surface area contributed by atoms with Gasteiger partial charge in [0.15, 0.2) is 0 Å². The SMILES string of the molecule is COc1nc(N)nc(N2CCCC(C)C2C)n1. The second kappa shape index (κ2) is 4.73. The lowest BCUT2D eigenvalue weighted by Gasteiger charge is -2.37. The molecular weight excluding hydrogens is 218 g/mol. The van der Waals surface area contributed by atoms with Gasteiger partial charge in [0.2, 0.25) is 11.9 Å². The van der Waals surface area contributed by atoms with Crippen LogP contribution in [0.5, 0.6) is 6.01 Å². The summed E-state index contributed by atoms with van der Waals surface area (Å²) < 4.78 is 5.02. The normalized spacial score (nSPS) is 24.8. The average molecular weight is 237 g/mol. The lowest BCUT2D eigenvalue weighted by atomic mass is 9.92. The Bertz CT molecular complexity index is 397. The van der Waals surface area contributed by atoms with E-state index in [0.29, 0.717) is 17.9 Å². The minimum Gasteiger partial charge on any atom is -0.467 e. The topological polar surface area (TPSA) is 77.2 Å². The van der Waals surface area contributed by atoms with Gasteiger partial charge >= 0.3 is 6.01 Å². The van der Waals surface area contributed by atoms with Crippen molar-refractivity contribution in [2.24, 2.45) is 5.92 Å². The molecule has 2 rings (SSSR count). The van der Waals surface area contributed by atoms with Gasteiger partial charge in [-0.15, -0.1) is 0 Å². The first kappa shape index (κ1) is 11.9. The molecule has 2 heterocycles. The molecule has 1 aliphatic rings. The van der Waals surface area contributed by atoms with Gasteiger partial charge in [0.1, 0.15) is 0 Å². The molecule has 17 heavy (non-hydrogen) atoms. The van der Waals surface area contributed by atoms with E-state index < -0.39 is 0 Å². The summed E-state index contributed by atoms with van der Waals surface area (Å²) in [6.07, 6.45) is 2.40. The van der Waals surface area contributed by atoms with Crippen molar-refractivity contribution in [1.29, 1.82) is 0 Å². The van der Waals surface area contributed by atoms with E-state index in [1.807, 2.05) is 0 Å². The zero-order valence-electron chi connectivity index (χ0n) is 10.6. The van der Waals surface area contributed by atoms with Gasteiger partial charge < -0.3 is 15.4 Å². The van der Waals surface area contributed by atoms with Gasteiger partial charge in [-0.05, 0) is 25.7 Å². The highest BCUT2D eigenvalue weighted by Gasteiger charge is 2.27. The Labute approximate surface area is 101 Å². The number of nitrogens with zero attached hydrogens (tertiary/aromatic N) is 4. The third kappa shape index (κ3) is 2.40. The van der Waals surface area contributed by atoms with Crippen LogP contribution in [0, 0.1) is 5.92 Å². The molecule has 1 aliphatic heterocycles. The van der Waals surface area contributed by atoms with Crippen molar-refractivity contribution in [1.82, 2.24) is 15.0 Å². The van der Waals surface area contributed by atoms with Crippen molar-refractivity contribution in [3.8, 4) is 6.01 Å². The standard InChI is InChI=1S/C11H19N5O/c1-7-5-4-6-16(8(7)2)10-13-9(12)14-11(15-10)17-3/h7-8H,4-6H2,1-3H3,(H2,12,13,14,15). The Morgan fingerprint density at radius 3 is 2.76 bits per heavy atom. The van der Waals surface area contributed by atoms with Crippen molar-refractivity contribution >= 4 is 11.9 Å². The number of piperidine rings is 1. The molecule has 2 atom stereocenters. The molecule has 0 spiro atoms. The number of aromatic nitrogens is 3. The van der Waals surface area contributed by atoms with Crippen LogP contribution in [0.4, 0.5) is 11.9 Å². The van der Waals surface area contributed by atoms with Gasteiger partial charge in [0.25, 0.3) is 0 Å². The molecule has 6 heteroatoms. The number of hydrogen-bond donors (Lipinski definition) is 1. The summed E-state index contributed by atoms with van der Waals surface area (Å²) in [4.78, 5) is 14.5. The van der Waals surface area contributed by atoms with Crippen LogP contribution in [0.25, 0.3) is 0 Å². The molecule has 0 bridgehead atoms. The molecule has 0 saturated carbocycles. The van der Waals surface area contributed by atoms with Crippen LogP contribution in [-0.2, 0) is 0 Å². The van der Waals surface area contributed by atoms with E-state index in [2.05, 4.69) is 33.7 Å². The van der Waals surface area contributed by atoms with Crippen LogP contribution in [0.3, 0.4) is 0 Å². The third-order valence-corrected chi connectivity index (χ3v) is 3.43. The van der Waals surface area contributed by atoms with E-state index in [4.69, 9.17) is 10.5 Å². The molecule has 94 valence electrons. The molecule has 0 radical (unpaired) electrons. The number of rotatable bonds is 2. The average Bonchev–Trinajstić information content (AvgIpc) is 2.31. The van der Waals surface area contributed by atoms with Crippen molar-refractivity contribution in [2.45, 2.75) is 32.7 Å². The summed E-state index contributed by atoms with van der Waals surface area (Å²) in [5.41, 5.74) is 5.65. The van der Waals surface area contributed by atoms with Crippen molar-refractivity contribution in [3.63, 3.8) is 0 Å². The van der Waals surface area contributed by atoms with E-state index in [9.17, 15) is 0 Å². The Morgan fingerprint density at radius 1 is 1.29 bits per heavy atom. The minimum absolute atomic E-state index is 0.206.